The summed E-state index contributed by atoms with van der Waals surface area (Å²) in [5.41, 5.74) is 1.39. The second-order valence-electron chi connectivity index (χ2n) is 11.6. The standard InChI is InChI=1S/C27H37NOSi/c1-25(2)22-14-16-26(25,3)27(19-22,21-10-8-7-9-11-21)29-23-12-13-24(30(4,5)6)20(18-23)15-17-28/h7-13,20,22H,14-16,18-19H2,1-6H3/t20-,22-,26-,27+/m1/s1. The summed E-state index contributed by atoms with van der Waals surface area (Å²) in [6, 6.07) is 13.4. The quantitative estimate of drug-likeness (QED) is 0.467. The fourth-order valence-electron chi connectivity index (χ4n) is 6.80. The van der Waals surface area contributed by atoms with E-state index in [9.17, 15) is 5.26 Å². The van der Waals surface area contributed by atoms with Gasteiger partial charge in [-0.2, -0.15) is 5.26 Å². The predicted octanol–water partition coefficient (Wildman–Crippen LogP) is 7.37. The topological polar surface area (TPSA) is 33.0 Å². The molecule has 3 heteroatoms. The van der Waals surface area contributed by atoms with Gasteiger partial charge in [-0.1, -0.05) is 82.0 Å². The van der Waals surface area contributed by atoms with Gasteiger partial charge in [0.15, 0.2) is 0 Å². The maximum absolute atomic E-state index is 9.47. The first-order valence-corrected chi connectivity index (χ1v) is 15.1. The molecule has 0 spiro atoms. The van der Waals surface area contributed by atoms with E-state index in [4.69, 9.17) is 4.74 Å². The summed E-state index contributed by atoms with van der Waals surface area (Å²) in [7, 11) is -1.45. The number of hydrogen-bond acceptors (Lipinski definition) is 2. The van der Waals surface area contributed by atoms with Crippen LogP contribution in [0.15, 0.2) is 53.4 Å². The van der Waals surface area contributed by atoms with Crippen LogP contribution in [0, 0.1) is 34.0 Å². The van der Waals surface area contributed by atoms with Crippen LogP contribution in [-0.4, -0.2) is 8.07 Å². The van der Waals surface area contributed by atoms with Crippen LogP contribution in [0.5, 0.6) is 0 Å². The van der Waals surface area contributed by atoms with Gasteiger partial charge >= 0.3 is 0 Å². The average molecular weight is 420 g/mol. The maximum Gasteiger partial charge on any atom is 0.140 e. The zero-order chi connectivity index (χ0) is 21.8. The van der Waals surface area contributed by atoms with Gasteiger partial charge in [-0.05, 0) is 48.2 Å². The van der Waals surface area contributed by atoms with Crippen LogP contribution in [0.1, 0.15) is 58.4 Å². The van der Waals surface area contributed by atoms with Crippen molar-refractivity contribution in [3.05, 3.63) is 59.0 Å². The minimum Gasteiger partial charge on any atom is -0.486 e. The van der Waals surface area contributed by atoms with Crippen LogP contribution < -0.4 is 0 Å². The Hall–Kier alpha value is -1.79. The van der Waals surface area contributed by atoms with Crippen molar-refractivity contribution in [1.29, 1.82) is 5.26 Å². The number of fused-ring (bicyclic) bond motifs is 2. The SMILES string of the molecule is CC1(C)[C@@H]2CC[C@@]1(C)[C@@](OC1=CC=C([Si](C)(C)C)[C@H](CC#N)C1)(c1ccccc1)C2. The Morgan fingerprint density at radius 1 is 1.10 bits per heavy atom. The van der Waals surface area contributed by atoms with E-state index in [1.165, 1.54) is 23.6 Å². The van der Waals surface area contributed by atoms with Gasteiger partial charge < -0.3 is 4.74 Å². The Morgan fingerprint density at radius 2 is 1.80 bits per heavy atom. The molecule has 0 amide bonds. The molecule has 30 heavy (non-hydrogen) atoms. The highest BCUT2D eigenvalue weighted by Crippen LogP contribution is 2.74. The molecule has 160 valence electrons. The van der Waals surface area contributed by atoms with Gasteiger partial charge in [-0.15, -0.1) is 0 Å². The van der Waals surface area contributed by atoms with Crippen molar-refractivity contribution < 1.29 is 4.74 Å². The molecule has 0 unspecified atom stereocenters. The largest absolute Gasteiger partial charge is 0.486 e. The lowest BCUT2D eigenvalue weighted by Gasteiger charge is -2.49. The number of nitriles is 1. The summed E-state index contributed by atoms with van der Waals surface area (Å²) >= 11 is 0. The summed E-state index contributed by atoms with van der Waals surface area (Å²) in [4.78, 5) is 0. The van der Waals surface area contributed by atoms with Crippen LogP contribution in [0.2, 0.25) is 19.6 Å². The van der Waals surface area contributed by atoms with E-state index in [1.54, 1.807) is 0 Å². The zero-order valence-electron chi connectivity index (χ0n) is 19.6. The molecule has 2 fully saturated rings. The average Bonchev–Trinajstić information content (AvgIpc) is 3.01. The summed E-state index contributed by atoms with van der Waals surface area (Å²) in [6.07, 6.45) is 9.58. The molecule has 0 radical (unpaired) electrons. The van der Waals surface area contributed by atoms with Crippen LogP contribution in [-0.2, 0) is 10.3 Å². The molecule has 2 nitrogen and oxygen atoms in total. The molecule has 0 N–H and O–H groups in total. The first-order valence-electron chi connectivity index (χ1n) is 11.6. The number of nitrogens with zero attached hydrogens (tertiary/aromatic N) is 1. The molecule has 3 aliphatic rings. The van der Waals surface area contributed by atoms with Crippen molar-refractivity contribution in [1.82, 2.24) is 0 Å². The minimum absolute atomic E-state index is 0.0976. The van der Waals surface area contributed by atoms with E-state index in [0.717, 1.165) is 18.6 Å². The number of hydrogen-bond donors (Lipinski definition) is 0. The molecule has 3 aliphatic carbocycles. The van der Waals surface area contributed by atoms with Crippen molar-refractivity contribution in [2.24, 2.45) is 22.7 Å². The van der Waals surface area contributed by atoms with E-state index in [-0.39, 0.29) is 16.4 Å². The third-order valence-corrected chi connectivity index (χ3v) is 11.3. The monoisotopic (exact) mass is 419 g/mol. The Labute approximate surface area is 184 Å². The molecule has 0 heterocycles. The van der Waals surface area contributed by atoms with Gasteiger partial charge in [0.1, 0.15) is 5.60 Å². The van der Waals surface area contributed by atoms with E-state index in [0.29, 0.717) is 18.3 Å². The van der Waals surface area contributed by atoms with Gasteiger partial charge in [0.2, 0.25) is 0 Å². The molecular weight excluding hydrogens is 382 g/mol. The fourth-order valence-corrected chi connectivity index (χ4v) is 8.81. The number of ether oxygens (including phenoxy) is 1. The molecule has 4 atom stereocenters. The van der Waals surface area contributed by atoms with Crippen LogP contribution >= 0.6 is 0 Å². The second kappa shape index (κ2) is 7.13. The van der Waals surface area contributed by atoms with E-state index >= 15 is 0 Å². The molecule has 0 aromatic heterocycles. The number of benzene rings is 1. The molecular formula is C27H37NOSi. The summed E-state index contributed by atoms with van der Waals surface area (Å²) < 4.78 is 7.16. The molecule has 0 aliphatic heterocycles. The van der Waals surface area contributed by atoms with Crippen molar-refractivity contribution in [2.75, 3.05) is 0 Å². The normalized spacial score (nSPS) is 34.8. The second-order valence-corrected chi connectivity index (χ2v) is 16.6. The molecule has 1 aromatic carbocycles. The summed E-state index contributed by atoms with van der Waals surface area (Å²) in [5.74, 6) is 2.06. The maximum atomic E-state index is 9.47. The Balaban J connectivity index is 1.76. The molecule has 0 saturated heterocycles. The highest BCUT2D eigenvalue weighted by atomic mass is 28.3. The molecule has 2 saturated carbocycles. The van der Waals surface area contributed by atoms with Gasteiger partial charge in [-0.25, -0.2) is 0 Å². The smallest absolute Gasteiger partial charge is 0.140 e. The fraction of sp³-hybridized carbons (Fsp3) is 0.593. The summed E-state index contributed by atoms with van der Waals surface area (Å²) in [6.45, 7) is 14.5. The Kier molecular flexibility index (Phi) is 5.09. The summed E-state index contributed by atoms with van der Waals surface area (Å²) in [5, 5.41) is 11.0. The van der Waals surface area contributed by atoms with E-state index < -0.39 is 8.07 Å². The third kappa shape index (κ3) is 3.02. The van der Waals surface area contributed by atoms with Crippen molar-refractivity contribution in [2.45, 2.75) is 78.1 Å². The zero-order valence-corrected chi connectivity index (χ0v) is 20.6. The Bertz CT molecular complexity index is 916. The Morgan fingerprint density at radius 3 is 2.33 bits per heavy atom. The lowest BCUT2D eigenvalue weighted by atomic mass is 9.62. The van der Waals surface area contributed by atoms with Gasteiger partial charge in [0, 0.05) is 18.3 Å². The van der Waals surface area contributed by atoms with Crippen molar-refractivity contribution in [3.8, 4) is 6.07 Å². The van der Waals surface area contributed by atoms with Crippen LogP contribution in [0.25, 0.3) is 0 Å². The predicted molar refractivity (Wildman–Crippen MR) is 126 cm³/mol. The third-order valence-electron chi connectivity index (χ3n) is 8.95. The first-order chi connectivity index (χ1) is 14.0. The first kappa shape index (κ1) is 21.4. The molecule has 4 rings (SSSR count). The van der Waals surface area contributed by atoms with Gasteiger partial charge in [0.05, 0.1) is 19.9 Å². The lowest BCUT2D eigenvalue weighted by molar-refractivity contribution is -0.119. The molecule has 2 bridgehead atoms. The highest BCUT2D eigenvalue weighted by Gasteiger charge is 2.71. The number of allylic oxidation sites excluding steroid dienone is 4. The molecule has 1 aromatic rings. The van der Waals surface area contributed by atoms with E-state index in [2.05, 4.69) is 89.0 Å². The van der Waals surface area contributed by atoms with E-state index in [1.807, 2.05) is 0 Å². The van der Waals surface area contributed by atoms with Crippen molar-refractivity contribution in [3.63, 3.8) is 0 Å². The number of rotatable bonds is 5. The van der Waals surface area contributed by atoms with Crippen LogP contribution in [0.4, 0.5) is 0 Å². The highest BCUT2D eigenvalue weighted by molar-refractivity contribution is 6.83. The van der Waals surface area contributed by atoms with Gasteiger partial charge in [0.25, 0.3) is 0 Å². The minimum atomic E-state index is -1.45. The van der Waals surface area contributed by atoms with Crippen LogP contribution in [0.3, 0.4) is 0 Å². The van der Waals surface area contributed by atoms with Gasteiger partial charge in [-0.3, -0.25) is 0 Å². The lowest BCUT2D eigenvalue weighted by Crippen LogP contribution is -2.47. The van der Waals surface area contributed by atoms with Crippen molar-refractivity contribution >= 4 is 8.07 Å².